The van der Waals surface area contributed by atoms with Crippen LogP contribution >= 0.6 is 0 Å². The molecule has 0 spiro atoms. The van der Waals surface area contributed by atoms with E-state index in [-0.39, 0.29) is 6.03 Å². The highest BCUT2D eigenvalue weighted by molar-refractivity contribution is 5.74. The highest BCUT2D eigenvalue weighted by Crippen LogP contribution is 2.09. The van der Waals surface area contributed by atoms with Gasteiger partial charge in [0.05, 0.1) is 12.6 Å². The van der Waals surface area contributed by atoms with Gasteiger partial charge in [0.25, 0.3) is 0 Å². The van der Waals surface area contributed by atoms with Crippen molar-refractivity contribution in [2.24, 2.45) is 0 Å². The predicted octanol–water partition coefficient (Wildman–Crippen LogP) is -0.0696. The Morgan fingerprint density at radius 1 is 1.47 bits per heavy atom. The van der Waals surface area contributed by atoms with Crippen molar-refractivity contribution in [1.82, 2.24) is 14.7 Å². The van der Waals surface area contributed by atoms with Crippen molar-refractivity contribution in [3.05, 3.63) is 0 Å². The van der Waals surface area contributed by atoms with Crippen LogP contribution in [-0.2, 0) is 4.74 Å². The van der Waals surface area contributed by atoms with E-state index in [2.05, 4.69) is 11.9 Å². The summed E-state index contributed by atoms with van der Waals surface area (Å²) in [7, 11) is 7.33. The first-order valence-electron chi connectivity index (χ1n) is 5.21. The Balaban J connectivity index is 2.53. The molecule has 1 atom stereocenters. The maximum Gasteiger partial charge on any atom is 0.319 e. The molecule has 2 amide bonds. The molecule has 0 saturated carbocycles. The molecule has 0 aliphatic carbocycles. The third-order valence-electron chi connectivity index (χ3n) is 2.79. The summed E-state index contributed by atoms with van der Waals surface area (Å²) >= 11 is 0. The van der Waals surface area contributed by atoms with Gasteiger partial charge in [-0.3, -0.25) is 4.90 Å². The van der Waals surface area contributed by atoms with Crippen LogP contribution in [0.15, 0.2) is 0 Å². The maximum absolute atomic E-state index is 11.7. The van der Waals surface area contributed by atoms with E-state index >= 15 is 0 Å². The van der Waals surface area contributed by atoms with E-state index < -0.39 is 0 Å². The molecule has 1 aliphatic heterocycles. The van der Waals surface area contributed by atoms with Gasteiger partial charge in [-0.15, -0.1) is 0 Å². The fourth-order valence-corrected chi connectivity index (χ4v) is 1.77. The van der Waals surface area contributed by atoms with Crippen molar-refractivity contribution in [2.75, 3.05) is 54.5 Å². The first-order valence-corrected chi connectivity index (χ1v) is 5.21. The fraction of sp³-hybridized carbons (Fsp3) is 0.900. The zero-order valence-electron chi connectivity index (χ0n) is 10.1. The normalized spacial score (nSPS) is 22.9. The minimum absolute atomic E-state index is 0.0872. The number of likely N-dealkylation sites (N-methyl/N-ethyl adjacent to an activating group) is 1. The molecule has 1 rings (SSSR count). The van der Waals surface area contributed by atoms with Gasteiger partial charge in [-0.2, -0.15) is 0 Å². The summed E-state index contributed by atoms with van der Waals surface area (Å²) in [4.78, 5) is 17.5. The quantitative estimate of drug-likeness (QED) is 0.647. The Labute approximate surface area is 91.6 Å². The van der Waals surface area contributed by atoms with Crippen LogP contribution in [0.1, 0.15) is 0 Å². The number of carbonyl (C=O) groups excluding carboxylic acids is 1. The molecular weight excluding hydrogens is 194 g/mol. The van der Waals surface area contributed by atoms with Crippen molar-refractivity contribution in [2.45, 2.75) is 6.04 Å². The van der Waals surface area contributed by atoms with Crippen LogP contribution in [0.5, 0.6) is 0 Å². The zero-order chi connectivity index (χ0) is 11.4. The van der Waals surface area contributed by atoms with E-state index in [1.165, 1.54) is 0 Å². The summed E-state index contributed by atoms with van der Waals surface area (Å²) in [5.41, 5.74) is 0. The van der Waals surface area contributed by atoms with E-state index in [1.807, 2.05) is 4.90 Å². The molecule has 5 nitrogen and oxygen atoms in total. The van der Waals surface area contributed by atoms with E-state index in [4.69, 9.17) is 4.74 Å². The lowest BCUT2D eigenvalue weighted by Gasteiger charge is -2.39. The van der Waals surface area contributed by atoms with Crippen LogP contribution in [0.2, 0.25) is 0 Å². The summed E-state index contributed by atoms with van der Waals surface area (Å²) in [6, 6.07) is 0.400. The van der Waals surface area contributed by atoms with Gasteiger partial charge in [-0.1, -0.05) is 0 Å². The average molecular weight is 215 g/mol. The molecule has 0 bridgehead atoms. The average Bonchev–Trinajstić information content (AvgIpc) is 2.20. The predicted molar refractivity (Wildman–Crippen MR) is 59.0 cm³/mol. The summed E-state index contributed by atoms with van der Waals surface area (Å²) in [6.07, 6.45) is 0. The first-order chi connectivity index (χ1) is 7.06. The monoisotopic (exact) mass is 215 g/mol. The van der Waals surface area contributed by atoms with Crippen molar-refractivity contribution in [3.63, 3.8) is 0 Å². The minimum Gasteiger partial charge on any atom is -0.383 e. The fourth-order valence-electron chi connectivity index (χ4n) is 1.77. The van der Waals surface area contributed by atoms with E-state index in [1.54, 1.807) is 26.1 Å². The van der Waals surface area contributed by atoms with E-state index in [9.17, 15) is 4.79 Å². The lowest BCUT2D eigenvalue weighted by atomic mass is 10.2. The van der Waals surface area contributed by atoms with Gasteiger partial charge in [-0.25, -0.2) is 4.79 Å². The Kier molecular flexibility index (Phi) is 4.35. The Hall–Kier alpha value is -0.810. The zero-order valence-corrected chi connectivity index (χ0v) is 10.1. The van der Waals surface area contributed by atoms with Crippen LogP contribution in [0.4, 0.5) is 4.79 Å². The van der Waals surface area contributed by atoms with Gasteiger partial charge in [0.2, 0.25) is 0 Å². The van der Waals surface area contributed by atoms with Crippen LogP contribution in [-0.4, -0.2) is 81.3 Å². The van der Waals surface area contributed by atoms with E-state index in [0.717, 1.165) is 19.6 Å². The largest absolute Gasteiger partial charge is 0.383 e. The second-order valence-electron chi connectivity index (χ2n) is 4.21. The number of rotatable bonds is 2. The van der Waals surface area contributed by atoms with Gasteiger partial charge in [0, 0.05) is 40.8 Å². The molecule has 0 aromatic rings. The van der Waals surface area contributed by atoms with Crippen LogP contribution < -0.4 is 0 Å². The highest BCUT2D eigenvalue weighted by Gasteiger charge is 2.27. The van der Waals surface area contributed by atoms with Crippen molar-refractivity contribution in [1.29, 1.82) is 0 Å². The summed E-state index contributed by atoms with van der Waals surface area (Å²) in [6.45, 7) is 3.14. The molecule has 0 aromatic heterocycles. The third-order valence-corrected chi connectivity index (χ3v) is 2.79. The smallest absolute Gasteiger partial charge is 0.319 e. The Bertz CT molecular complexity index is 221. The van der Waals surface area contributed by atoms with Crippen LogP contribution in [0.25, 0.3) is 0 Å². The minimum atomic E-state index is 0.0872. The van der Waals surface area contributed by atoms with Gasteiger partial charge in [0.1, 0.15) is 0 Å². The summed E-state index contributed by atoms with van der Waals surface area (Å²) in [5, 5.41) is 0. The second-order valence-corrected chi connectivity index (χ2v) is 4.21. The van der Waals surface area contributed by atoms with Crippen molar-refractivity contribution < 1.29 is 9.53 Å². The lowest BCUT2D eigenvalue weighted by molar-refractivity contribution is 0.0479. The number of ether oxygens (including phenoxy) is 1. The molecule has 88 valence electrons. The van der Waals surface area contributed by atoms with Gasteiger partial charge < -0.3 is 14.5 Å². The topological polar surface area (TPSA) is 36.0 Å². The highest BCUT2D eigenvalue weighted by atomic mass is 16.5. The molecule has 5 heteroatoms. The van der Waals surface area contributed by atoms with Crippen molar-refractivity contribution >= 4 is 6.03 Å². The summed E-state index contributed by atoms with van der Waals surface area (Å²) in [5.74, 6) is 0. The standard InChI is InChI=1S/C10H21N3O2/c1-11(2)10(14)13-6-5-12(3)9(7-13)8-15-4/h9H,5-8H2,1-4H3. The number of nitrogens with zero attached hydrogens (tertiary/aromatic N) is 3. The van der Waals surface area contributed by atoms with E-state index in [0.29, 0.717) is 12.6 Å². The van der Waals surface area contributed by atoms with Gasteiger partial charge in [-0.05, 0) is 7.05 Å². The molecule has 1 heterocycles. The number of amides is 2. The molecule has 0 radical (unpaired) electrons. The molecule has 0 N–H and O–H groups in total. The number of methoxy groups -OCH3 is 1. The van der Waals surface area contributed by atoms with Crippen LogP contribution in [0, 0.1) is 0 Å². The summed E-state index contributed by atoms with van der Waals surface area (Å²) < 4.78 is 5.15. The molecule has 0 aromatic carbocycles. The van der Waals surface area contributed by atoms with Gasteiger partial charge in [0.15, 0.2) is 0 Å². The third kappa shape index (κ3) is 3.07. The second kappa shape index (κ2) is 5.32. The number of urea groups is 1. The van der Waals surface area contributed by atoms with Crippen LogP contribution in [0.3, 0.4) is 0 Å². The van der Waals surface area contributed by atoms with Crippen molar-refractivity contribution in [3.8, 4) is 0 Å². The molecule has 15 heavy (non-hydrogen) atoms. The number of carbonyl (C=O) groups is 1. The molecule has 1 unspecified atom stereocenters. The number of hydrogen-bond donors (Lipinski definition) is 0. The Morgan fingerprint density at radius 2 is 2.13 bits per heavy atom. The molecule has 1 fully saturated rings. The maximum atomic E-state index is 11.7. The number of hydrogen-bond acceptors (Lipinski definition) is 3. The molecular formula is C10H21N3O2. The number of piperazine rings is 1. The lowest BCUT2D eigenvalue weighted by Crippen LogP contribution is -2.56. The molecule has 1 aliphatic rings. The van der Waals surface area contributed by atoms with Gasteiger partial charge >= 0.3 is 6.03 Å². The Morgan fingerprint density at radius 3 is 2.67 bits per heavy atom. The first kappa shape index (κ1) is 12.3. The SMILES string of the molecule is COCC1CN(C(=O)N(C)C)CCN1C. The molecule has 1 saturated heterocycles.